The van der Waals surface area contributed by atoms with Crippen LogP contribution in [0.5, 0.6) is 5.75 Å². The first-order valence-electron chi connectivity index (χ1n) is 12.3. The summed E-state index contributed by atoms with van der Waals surface area (Å²) in [4.78, 5) is 39.5. The predicted octanol–water partition coefficient (Wildman–Crippen LogP) is 7.14. The Morgan fingerprint density at radius 2 is 1.54 bits per heavy atom. The van der Waals surface area contributed by atoms with E-state index >= 15 is 0 Å². The van der Waals surface area contributed by atoms with E-state index < -0.39 is 11.8 Å². The maximum atomic E-state index is 13.4. The Hall–Kier alpha value is -4.24. The van der Waals surface area contributed by atoms with E-state index in [1.54, 1.807) is 98.1 Å². The first-order chi connectivity index (χ1) is 19.8. The standard InChI is InChI=1S/C31H25Cl2N3O4S/c1-40-24-13-6-11-22(17-24)34-28(37)19-41-25-14-7-12-23(18-25)35-31(39)27(16-21-10-5-15-26(32)29(21)33)36-30(38)20-8-3-2-4-9-20/h2-18H,19H2,1H3,(H,34,37)(H,35,39)(H,36,38)/b27-16+. The normalized spacial score (nSPS) is 11.0. The van der Waals surface area contributed by atoms with Gasteiger partial charge in [0.15, 0.2) is 0 Å². The lowest BCUT2D eigenvalue weighted by atomic mass is 10.1. The van der Waals surface area contributed by atoms with E-state index in [4.69, 9.17) is 27.9 Å². The van der Waals surface area contributed by atoms with E-state index in [2.05, 4.69) is 16.0 Å². The van der Waals surface area contributed by atoms with Crippen molar-refractivity contribution in [1.82, 2.24) is 5.32 Å². The molecule has 0 radical (unpaired) electrons. The lowest BCUT2D eigenvalue weighted by Gasteiger charge is -2.13. The molecule has 0 aliphatic rings. The molecule has 10 heteroatoms. The summed E-state index contributed by atoms with van der Waals surface area (Å²) in [7, 11) is 1.56. The van der Waals surface area contributed by atoms with Crippen LogP contribution < -0.4 is 20.7 Å². The summed E-state index contributed by atoms with van der Waals surface area (Å²) in [6.07, 6.45) is 1.46. The highest BCUT2D eigenvalue weighted by Crippen LogP contribution is 2.28. The number of rotatable bonds is 10. The van der Waals surface area contributed by atoms with Crippen LogP contribution in [0.15, 0.2) is 108 Å². The molecule has 7 nitrogen and oxygen atoms in total. The molecule has 208 valence electrons. The van der Waals surface area contributed by atoms with Crippen molar-refractivity contribution in [1.29, 1.82) is 0 Å². The van der Waals surface area contributed by atoms with Crippen LogP contribution in [0.1, 0.15) is 15.9 Å². The molecule has 0 fully saturated rings. The Balaban J connectivity index is 1.47. The van der Waals surface area contributed by atoms with Crippen LogP contribution in [-0.4, -0.2) is 30.6 Å². The molecule has 0 heterocycles. The van der Waals surface area contributed by atoms with Crippen LogP contribution in [0.25, 0.3) is 6.08 Å². The fourth-order valence-corrected chi connectivity index (χ4v) is 4.76. The summed E-state index contributed by atoms with van der Waals surface area (Å²) in [6.45, 7) is 0. The fourth-order valence-electron chi connectivity index (χ4n) is 3.64. The molecule has 0 aliphatic carbocycles. The number of ether oxygens (including phenoxy) is 1. The van der Waals surface area contributed by atoms with Gasteiger partial charge in [-0.1, -0.05) is 65.7 Å². The van der Waals surface area contributed by atoms with Crippen molar-refractivity contribution in [2.75, 3.05) is 23.5 Å². The molecule has 0 aliphatic heterocycles. The molecule has 0 atom stereocenters. The predicted molar refractivity (Wildman–Crippen MR) is 166 cm³/mol. The van der Waals surface area contributed by atoms with Gasteiger partial charge in [0, 0.05) is 27.9 Å². The SMILES string of the molecule is COc1cccc(NC(=O)CSc2cccc(NC(=O)/C(=C\c3cccc(Cl)c3Cl)NC(=O)c3ccccc3)c2)c1. The molecule has 3 N–H and O–H groups in total. The van der Waals surface area contributed by atoms with Gasteiger partial charge in [-0.25, -0.2) is 0 Å². The van der Waals surface area contributed by atoms with Gasteiger partial charge in [-0.2, -0.15) is 0 Å². The van der Waals surface area contributed by atoms with Gasteiger partial charge in [-0.3, -0.25) is 14.4 Å². The van der Waals surface area contributed by atoms with Crippen molar-refractivity contribution in [3.05, 3.63) is 124 Å². The molecule has 0 saturated carbocycles. The molecule has 4 rings (SSSR count). The summed E-state index contributed by atoms with van der Waals surface area (Å²) in [5.74, 6) is -0.422. The summed E-state index contributed by atoms with van der Waals surface area (Å²) in [5.41, 5.74) is 1.93. The lowest BCUT2D eigenvalue weighted by Crippen LogP contribution is -2.30. The van der Waals surface area contributed by atoms with Gasteiger partial charge in [0.1, 0.15) is 11.4 Å². The number of hydrogen-bond donors (Lipinski definition) is 3. The number of amides is 3. The zero-order valence-corrected chi connectivity index (χ0v) is 24.1. The van der Waals surface area contributed by atoms with Gasteiger partial charge in [-0.05, 0) is 60.2 Å². The minimum atomic E-state index is -0.566. The zero-order chi connectivity index (χ0) is 29.2. The van der Waals surface area contributed by atoms with E-state index in [1.807, 2.05) is 6.07 Å². The molecule has 4 aromatic rings. The van der Waals surface area contributed by atoms with Gasteiger partial charge in [0.05, 0.1) is 22.9 Å². The van der Waals surface area contributed by atoms with Gasteiger partial charge in [0.2, 0.25) is 5.91 Å². The van der Waals surface area contributed by atoms with Crippen LogP contribution in [0.2, 0.25) is 10.0 Å². The van der Waals surface area contributed by atoms with E-state index in [9.17, 15) is 14.4 Å². The second-order valence-corrected chi connectivity index (χ2v) is 10.4. The number of thioether (sulfide) groups is 1. The maximum absolute atomic E-state index is 13.4. The van der Waals surface area contributed by atoms with E-state index in [0.717, 1.165) is 4.90 Å². The van der Waals surface area contributed by atoms with E-state index in [1.165, 1.54) is 17.8 Å². The second-order valence-electron chi connectivity index (χ2n) is 8.57. The molecule has 0 unspecified atom stereocenters. The van der Waals surface area contributed by atoms with Crippen molar-refractivity contribution < 1.29 is 19.1 Å². The third-order valence-corrected chi connectivity index (χ3v) is 7.45. The van der Waals surface area contributed by atoms with Crippen LogP contribution >= 0.6 is 35.0 Å². The van der Waals surface area contributed by atoms with Crippen molar-refractivity contribution in [3.8, 4) is 5.75 Å². The molecular weight excluding hydrogens is 581 g/mol. The highest BCUT2D eigenvalue weighted by molar-refractivity contribution is 8.00. The average molecular weight is 607 g/mol. The fraction of sp³-hybridized carbons (Fsp3) is 0.0645. The minimum absolute atomic E-state index is 0.0289. The highest BCUT2D eigenvalue weighted by Gasteiger charge is 2.16. The van der Waals surface area contributed by atoms with Crippen LogP contribution in [0.3, 0.4) is 0 Å². The lowest BCUT2D eigenvalue weighted by molar-refractivity contribution is -0.114. The third kappa shape index (κ3) is 8.62. The van der Waals surface area contributed by atoms with Gasteiger partial charge in [0.25, 0.3) is 11.8 Å². The molecule has 4 aromatic carbocycles. The summed E-state index contributed by atoms with van der Waals surface area (Å²) < 4.78 is 5.18. The Labute approximate surface area is 251 Å². The third-order valence-electron chi connectivity index (χ3n) is 5.63. The van der Waals surface area contributed by atoms with Crippen LogP contribution in [0.4, 0.5) is 11.4 Å². The van der Waals surface area contributed by atoms with Crippen molar-refractivity contribution in [3.63, 3.8) is 0 Å². The summed E-state index contributed by atoms with van der Waals surface area (Å²) in [6, 6.07) is 27.7. The van der Waals surface area contributed by atoms with Crippen LogP contribution in [-0.2, 0) is 9.59 Å². The Morgan fingerprint density at radius 3 is 2.29 bits per heavy atom. The van der Waals surface area contributed by atoms with E-state index in [0.29, 0.717) is 33.3 Å². The van der Waals surface area contributed by atoms with Crippen molar-refractivity contribution >= 4 is 70.1 Å². The van der Waals surface area contributed by atoms with Gasteiger partial charge < -0.3 is 20.7 Å². The van der Waals surface area contributed by atoms with Crippen molar-refractivity contribution in [2.24, 2.45) is 0 Å². The summed E-state index contributed by atoms with van der Waals surface area (Å²) >= 11 is 13.8. The molecular formula is C31H25Cl2N3O4S. The van der Waals surface area contributed by atoms with Gasteiger partial charge >= 0.3 is 0 Å². The molecule has 0 aromatic heterocycles. The van der Waals surface area contributed by atoms with Crippen LogP contribution in [0, 0.1) is 0 Å². The minimum Gasteiger partial charge on any atom is -0.497 e. The average Bonchev–Trinajstić information content (AvgIpc) is 2.98. The first-order valence-corrected chi connectivity index (χ1v) is 14.1. The maximum Gasteiger partial charge on any atom is 0.272 e. The number of nitrogens with one attached hydrogen (secondary N) is 3. The quantitative estimate of drug-likeness (QED) is 0.132. The number of methoxy groups -OCH3 is 1. The van der Waals surface area contributed by atoms with E-state index in [-0.39, 0.29) is 22.4 Å². The number of benzene rings is 4. The Morgan fingerprint density at radius 1 is 0.829 bits per heavy atom. The topological polar surface area (TPSA) is 96.5 Å². The first kappa shape index (κ1) is 29.7. The zero-order valence-electron chi connectivity index (χ0n) is 21.8. The monoisotopic (exact) mass is 605 g/mol. The number of carbonyl (C=O) groups is 3. The Kier molecular flexibility index (Phi) is 10.5. The molecule has 41 heavy (non-hydrogen) atoms. The molecule has 0 saturated heterocycles. The summed E-state index contributed by atoms with van der Waals surface area (Å²) in [5, 5.41) is 8.88. The number of halogens is 2. The molecule has 0 bridgehead atoms. The Bertz CT molecular complexity index is 1600. The number of carbonyl (C=O) groups excluding carboxylic acids is 3. The van der Waals surface area contributed by atoms with Gasteiger partial charge in [-0.15, -0.1) is 11.8 Å². The molecule has 0 spiro atoms. The van der Waals surface area contributed by atoms with Crippen molar-refractivity contribution in [2.45, 2.75) is 4.90 Å². The smallest absolute Gasteiger partial charge is 0.272 e. The second kappa shape index (κ2) is 14.4. The highest BCUT2D eigenvalue weighted by atomic mass is 35.5. The molecule has 3 amide bonds. The number of hydrogen-bond acceptors (Lipinski definition) is 5. The number of anilines is 2. The largest absolute Gasteiger partial charge is 0.497 e.